The van der Waals surface area contributed by atoms with Gasteiger partial charge in [0.15, 0.2) is 0 Å². The first kappa shape index (κ1) is 19.4. The minimum Gasteiger partial charge on any atom is -0.478 e. The molecule has 0 atom stereocenters. The number of carbonyl (C=O) groups is 2. The fourth-order valence-corrected chi connectivity index (χ4v) is 1.55. The molecule has 0 saturated carbocycles. The van der Waals surface area contributed by atoms with Gasteiger partial charge in [-0.1, -0.05) is 18.2 Å². The van der Waals surface area contributed by atoms with Crippen molar-refractivity contribution in [1.29, 1.82) is 0 Å². The fraction of sp³-hybridized carbons (Fsp3) is 0.0588. The van der Waals surface area contributed by atoms with Crippen LogP contribution in [0.1, 0.15) is 0 Å². The molecule has 8 nitrogen and oxygen atoms in total. The first-order valence-corrected chi connectivity index (χ1v) is 7.11. The van der Waals surface area contributed by atoms with Gasteiger partial charge in [0.25, 0.3) is 0 Å². The number of H-pyrrole nitrogens is 1. The number of aliphatic imine (C=N–C) groups is 1. The monoisotopic (exact) mass is 342 g/mol. The maximum atomic E-state index is 9.55. The van der Waals surface area contributed by atoms with Crippen LogP contribution in [0.4, 0.5) is 5.69 Å². The van der Waals surface area contributed by atoms with Gasteiger partial charge in [-0.05, 0) is 17.7 Å². The molecule has 0 amide bonds. The average Bonchev–Trinajstić information content (AvgIpc) is 3.13. The molecule has 130 valence electrons. The summed E-state index contributed by atoms with van der Waals surface area (Å²) in [5, 5.41) is 18.7. The average molecular weight is 342 g/mol. The Morgan fingerprint density at radius 3 is 2.32 bits per heavy atom. The van der Waals surface area contributed by atoms with E-state index in [1.165, 1.54) is 0 Å². The summed E-state index contributed by atoms with van der Waals surface area (Å²) in [4.78, 5) is 30.2. The smallest absolute Gasteiger partial charge is 0.328 e. The Kier molecular flexibility index (Phi) is 8.48. The summed E-state index contributed by atoms with van der Waals surface area (Å²) in [6.07, 6.45) is 8.01. The highest BCUT2D eigenvalue weighted by molar-refractivity contribution is 5.89. The molecule has 0 bridgehead atoms. The molecule has 0 unspecified atom stereocenters. The van der Waals surface area contributed by atoms with Crippen LogP contribution in [-0.4, -0.2) is 45.0 Å². The number of rotatable bonds is 7. The van der Waals surface area contributed by atoms with E-state index in [1.54, 1.807) is 24.9 Å². The van der Waals surface area contributed by atoms with Crippen LogP contribution in [0.15, 0.2) is 66.6 Å². The van der Waals surface area contributed by atoms with E-state index in [1.807, 2.05) is 24.3 Å². The molecule has 0 aliphatic heterocycles. The molecule has 0 aliphatic rings. The lowest BCUT2D eigenvalue weighted by Crippen LogP contribution is -1.94. The third-order valence-electron chi connectivity index (χ3n) is 2.62. The number of aromatic nitrogens is 2. The van der Waals surface area contributed by atoms with E-state index in [-0.39, 0.29) is 0 Å². The van der Waals surface area contributed by atoms with Crippen molar-refractivity contribution >= 4 is 24.0 Å². The van der Waals surface area contributed by atoms with Crippen LogP contribution in [0.5, 0.6) is 0 Å². The maximum Gasteiger partial charge on any atom is 0.328 e. The molecule has 0 spiro atoms. The van der Waals surface area contributed by atoms with Gasteiger partial charge in [0.05, 0.1) is 31.1 Å². The Labute approximate surface area is 144 Å². The number of anilines is 1. The lowest BCUT2D eigenvalue weighted by Gasteiger charge is -2.01. The molecule has 0 radical (unpaired) electrons. The maximum absolute atomic E-state index is 9.55. The summed E-state index contributed by atoms with van der Waals surface area (Å²) in [7, 11) is 0. The number of carboxylic acid groups (broad SMARTS) is 2. The summed E-state index contributed by atoms with van der Waals surface area (Å²) >= 11 is 0. The number of imidazole rings is 1. The Hall–Kier alpha value is -3.68. The van der Waals surface area contributed by atoms with E-state index in [0.29, 0.717) is 18.7 Å². The zero-order chi connectivity index (χ0) is 18.5. The van der Waals surface area contributed by atoms with E-state index < -0.39 is 11.9 Å². The van der Waals surface area contributed by atoms with Crippen LogP contribution in [0.25, 0.3) is 11.3 Å². The van der Waals surface area contributed by atoms with Crippen molar-refractivity contribution in [2.45, 2.75) is 0 Å². The SMILES string of the molecule is C=CCN=CNc1ccc(-c2cnc[nH]2)cc1.O=C(O)/C=C/C(=O)O. The number of hydrogen-bond acceptors (Lipinski definition) is 4. The number of carboxylic acids is 2. The Balaban J connectivity index is 0.000000333. The molecule has 2 aromatic rings. The van der Waals surface area contributed by atoms with E-state index in [9.17, 15) is 9.59 Å². The van der Waals surface area contributed by atoms with Crippen molar-refractivity contribution < 1.29 is 19.8 Å². The number of nitrogens with one attached hydrogen (secondary N) is 2. The molecule has 0 fully saturated rings. The third kappa shape index (κ3) is 8.50. The molecule has 4 N–H and O–H groups in total. The summed E-state index contributed by atoms with van der Waals surface area (Å²) in [5.74, 6) is -2.51. The second-order valence-electron chi connectivity index (χ2n) is 4.48. The van der Waals surface area contributed by atoms with Gasteiger partial charge in [-0.2, -0.15) is 0 Å². The van der Waals surface area contributed by atoms with Gasteiger partial charge in [-0.25, -0.2) is 14.6 Å². The molecule has 0 saturated heterocycles. The number of aromatic amines is 1. The largest absolute Gasteiger partial charge is 0.478 e. The van der Waals surface area contributed by atoms with Crippen molar-refractivity contribution in [1.82, 2.24) is 9.97 Å². The van der Waals surface area contributed by atoms with Gasteiger partial charge in [0.1, 0.15) is 0 Å². The molecule has 25 heavy (non-hydrogen) atoms. The van der Waals surface area contributed by atoms with Gasteiger partial charge in [-0.15, -0.1) is 6.58 Å². The van der Waals surface area contributed by atoms with Gasteiger partial charge < -0.3 is 20.5 Å². The number of nitrogens with zero attached hydrogens (tertiary/aromatic N) is 2. The summed E-state index contributed by atoms with van der Waals surface area (Å²) in [6, 6.07) is 8.04. The second kappa shape index (κ2) is 10.9. The lowest BCUT2D eigenvalue weighted by atomic mass is 10.1. The van der Waals surface area contributed by atoms with Crippen LogP contribution in [0.2, 0.25) is 0 Å². The minimum atomic E-state index is -1.26. The lowest BCUT2D eigenvalue weighted by molar-refractivity contribution is -0.134. The minimum absolute atomic E-state index is 0.558. The van der Waals surface area contributed by atoms with Crippen LogP contribution in [-0.2, 0) is 9.59 Å². The highest BCUT2D eigenvalue weighted by atomic mass is 16.4. The first-order chi connectivity index (χ1) is 12.0. The van der Waals surface area contributed by atoms with E-state index in [2.05, 4.69) is 26.9 Å². The highest BCUT2D eigenvalue weighted by Crippen LogP contribution is 2.18. The normalized spacial score (nSPS) is 10.2. The Morgan fingerprint density at radius 2 is 1.84 bits per heavy atom. The standard InChI is InChI=1S/C13H14N4.C4H4O4/c1-2-7-14-9-16-12-5-3-11(4-6-12)13-8-15-10-17-13;5-3(6)1-2-4(7)8/h2-6,8-10H,1,7H2,(H,14,16)(H,15,17);1-2H,(H,5,6)(H,7,8)/b;2-1+. The second-order valence-corrected chi connectivity index (χ2v) is 4.48. The first-order valence-electron chi connectivity index (χ1n) is 7.11. The topological polar surface area (TPSA) is 128 Å². The van der Waals surface area contributed by atoms with Crippen LogP contribution >= 0.6 is 0 Å². The van der Waals surface area contributed by atoms with E-state index in [0.717, 1.165) is 16.9 Å². The third-order valence-corrected chi connectivity index (χ3v) is 2.62. The summed E-state index contributed by atoms with van der Waals surface area (Å²) in [6.45, 7) is 4.22. The highest BCUT2D eigenvalue weighted by Gasteiger charge is 1.97. The van der Waals surface area contributed by atoms with Crippen LogP contribution in [0.3, 0.4) is 0 Å². The molecule has 0 aliphatic carbocycles. The van der Waals surface area contributed by atoms with E-state index >= 15 is 0 Å². The number of benzene rings is 1. The molecular weight excluding hydrogens is 324 g/mol. The fourth-order valence-electron chi connectivity index (χ4n) is 1.55. The van der Waals surface area contributed by atoms with Crippen LogP contribution < -0.4 is 5.32 Å². The predicted octanol–water partition coefficient (Wildman–Crippen LogP) is 2.41. The Bertz CT molecular complexity index is 719. The zero-order valence-electron chi connectivity index (χ0n) is 13.3. The number of hydrogen-bond donors (Lipinski definition) is 4. The van der Waals surface area contributed by atoms with Crippen molar-refractivity contribution in [3.8, 4) is 11.3 Å². The van der Waals surface area contributed by atoms with E-state index in [4.69, 9.17) is 10.2 Å². The van der Waals surface area contributed by atoms with Gasteiger partial charge >= 0.3 is 11.9 Å². The van der Waals surface area contributed by atoms with Crippen molar-refractivity contribution in [3.63, 3.8) is 0 Å². The van der Waals surface area contributed by atoms with Gasteiger partial charge in [0.2, 0.25) is 0 Å². The molecule has 2 rings (SSSR count). The van der Waals surface area contributed by atoms with Crippen molar-refractivity contribution in [2.75, 3.05) is 11.9 Å². The zero-order valence-corrected chi connectivity index (χ0v) is 13.3. The predicted molar refractivity (Wildman–Crippen MR) is 95.6 cm³/mol. The molecule has 1 heterocycles. The molecule has 8 heteroatoms. The molecule has 1 aromatic carbocycles. The van der Waals surface area contributed by atoms with Gasteiger partial charge in [-0.3, -0.25) is 4.99 Å². The Morgan fingerprint density at radius 1 is 1.20 bits per heavy atom. The summed E-state index contributed by atoms with van der Waals surface area (Å²) in [5.41, 5.74) is 3.12. The summed E-state index contributed by atoms with van der Waals surface area (Å²) < 4.78 is 0. The molecule has 1 aromatic heterocycles. The van der Waals surface area contributed by atoms with Crippen molar-refractivity contribution in [3.05, 3.63) is 61.6 Å². The van der Waals surface area contributed by atoms with Crippen LogP contribution in [0, 0.1) is 0 Å². The molecular formula is C17H18N4O4. The van der Waals surface area contributed by atoms with Crippen molar-refractivity contribution in [2.24, 2.45) is 4.99 Å². The quantitative estimate of drug-likeness (QED) is 0.265. The number of aliphatic carboxylic acids is 2. The van der Waals surface area contributed by atoms with Gasteiger partial charge in [0, 0.05) is 17.8 Å².